The number of aliphatic imine (C=N–C) groups is 1. The van der Waals surface area contributed by atoms with Gasteiger partial charge in [0.05, 0.1) is 5.04 Å². The maximum atomic E-state index is 4.37. The molecular formula is C15H14BrNS. The van der Waals surface area contributed by atoms with Gasteiger partial charge in [-0.05, 0) is 17.7 Å². The number of hydrogen-bond donors (Lipinski definition) is 0. The van der Waals surface area contributed by atoms with Crippen LogP contribution in [0.15, 0.2) is 64.1 Å². The molecule has 0 spiro atoms. The van der Waals surface area contributed by atoms with E-state index in [4.69, 9.17) is 0 Å². The van der Waals surface area contributed by atoms with Crippen molar-refractivity contribution in [2.24, 2.45) is 4.99 Å². The summed E-state index contributed by atoms with van der Waals surface area (Å²) in [7, 11) is 1.84. The molecule has 0 bridgehead atoms. The first-order valence-electron chi connectivity index (χ1n) is 5.69. The molecule has 2 aromatic rings. The topological polar surface area (TPSA) is 12.4 Å². The van der Waals surface area contributed by atoms with Crippen LogP contribution in [0.5, 0.6) is 0 Å². The molecule has 2 aromatic carbocycles. The normalized spacial score (nSPS) is 11.6. The van der Waals surface area contributed by atoms with E-state index in [1.165, 1.54) is 11.1 Å². The van der Waals surface area contributed by atoms with Crippen LogP contribution in [0.1, 0.15) is 11.1 Å². The maximum Gasteiger partial charge on any atom is 0.0976 e. The fourth-order valence-electron chi connectivity index (χ4n) is 1.60. The molecule has 92 valence electrons. The number of benzene rings is 2. The lowest BCUT2D eigenvalue weighted by Crippen LogP contribution is -1.96. The highest BCUT2D eigenvalue weighted by Crippen LogP contribution is 2.20. The van der Waals surface area contributed by atoms with Gasteiger partial charge in [0, 0.05) is 22.8 Å². The highest BCUT2D eigenvalue weighted by molar-refractivity contribution is 9.10. The summed E-state index contributed by atoms with van der Waals surface area (Å²) in [6.45, 7) is 0. The summed E-state index contributed by atoms with van der Waals surface area (Å²) in [5.41, 5.74) is 2.49. The van der Waals surface area contributed by atoms with Crippen LogP contribution in [0.2, 0.25) is 0 Å². The predicted octanol–water partition coefficient (Wildman–Crippen LogP) is 4.76. The molecule has 3 heteroatoms. The van der Waals surface area contributed by atoms with Crippen molar-refractivity contribution in [3.8, 4) is 0 Å². The van der Waals surface area contributed by atoms with Crippen molar-refractivity contribution in [2.45, 2.75) is 5.75 Å². The van der Waals surface area contributed by atoms with Crippen LogP contribution in [0.3, 0.4) is 0 Å². The molecule has 0 saturated heterocycles. The van der Waals surface area contributed by atoms with Crippen LogP contribution >= 0.6 is 27.7 Å². The lowest BCUT2D eigenvalue weighted by Gasteiger charge is -2.06. The van der Waals surface area contributed by atoms with Crippen LogP contribution in [0, 0.1) is 0 Å². The van der Waals surface area contributed by atoms with Gasteiger partial charge in [-0.3, -0.25) is 4.99 Å². The molecule has 0 aliphatic carbocycles. The Kier molecular flexibility index (Phi) is 5.02. The van der Waals surface area contributed by atoms with Gasteiger partial charge in [0.25, 0.3) is 0 Å². The largest absolute Gasteiger partial charge is 0.281 e. The van der Waals surface area contributed by atoms with E-state index >= 15 is 0 Å². The third-order valence-electron chi connectivity index (χ3n) is 2.51. The van der Waals surface area contributed by atoms with Crippen molar-refractivity contribution in [3.05, 3.63) is 70.2 Å². The molecule has 1 nitrogen and oxygen atoms in total. The molecule has 0 aliphatic heterocycles. The minimum absolute atomic E-state index is 0.948. The van der Waals surface area contributed by atoms with Gasteiger partial charge >= 0.3 is 0 Å². The third kappa shape index (κ3) is 3.72. The highest BCUT2D eigenvalue weighted by atomic mass is 79.9. The van der Waals surface area contributed by atoms with Crippen molar-refractivity contribution < 1.29 is 0 Å². The molecular weight excluding hydrogens is 306 g/mol. The highest BCUT2D eigenvalue weighted by Gasteiger charge is 2.04. The Morgan fingerprint density at radius 1 is 1.06 bits per heavy atom. The molecule has 18 heavy (non-hydrogen) atoms. The third-order valence-corrected chi connectivity index (χ3v) is 4.21. The smallest absolute Gasteiger partial charge is 0.0976 e. The second-order valence-electron chi connectivity index (χ2n) is 3.81. The zero-order valence-electron chi connectivity index (χ0n) is 10.1. The van der Waals surface area contributed by atoms with Crippen LogP contribution < -0.4 is 0 Å². The van der Waals surface area contributed by atoms with E-state index in [9.17, 15) is 0 Å². The molecule has 0 aromatic heterocycles. The molecule has 0 N–H and O–H groups in total. The van der Waals surface area contributed by atoms with Crippen molar-refractivity contribution >= 4 is 32.7 Å². The SMILES string of the molecule is C/N=C(/SCc1ccccc1)c1ccc(Br)cc1. The summed E-state index contributed by atoms with van der Waals surface area (Å²) in [4.78, 5) is 4.37. The lowest BCUT2D eigenvalue weighted by molar-refractivity contribution is 1.41. The van der Waals surface area contributed by atoms with Gasteiger partial charge in [0.1, 0.15) is 0 Å². The van der Waals surface area contributed by atoms with Crippen LogP contribution in [-0.4, -0.2) is 12.1 Å². The molecule has 0 aliphatic rings. The van der Waals surface area contributed by atoms with E-state index in [2.05, 4.69) is 57.3 Å². The Bertz CT molecular complexity index is 520. The minimum atomic E-state index is 0.948. The van der Waals surface area contributed by atoms with E-state index in [0.717, 1.165) is 15.3 Å². The van der Waals surface area contributed by atoms with Crippen molar-refractivity contribution in [1.29, 1.82) is 0 Å². The molecule has 0 unspecified atom stereocenters. The number of nitrogens with zero attached hydrogens (tertiary/aromatic N) is 1. The Morgan fingerprint density at radius 2 is 1.72 bits per heavy atom. The molecule has 2 rings (SSSR count). The Balaban J connectivity index is 2.05. The predicted molar refractivity (Wildman–Crippen MR) is 84.3 cm³/mol. The quantitative estimate of drug-likeness (QED) is 0.587. The summed E-state index contributed by atoms with van der Waals surface area (Å²) in [5.74, 6) is 0.948. The summed E-state index contributed by atoms with van der Waals surface area (Å²) < 4.78 is 1.09. The Hall–Kier alpha value is -1.06. The van der Waals surface area contributed by atoms with E-state index in [0.29, 0.717) is 0 Å². The summed E-state index contributed by atoms with van der Waals surface area (Å²) in [6.07, 6.45) is 0. The zero-order chi connectivity index (χ0) is 12.8. The average Bonchev–Trinajstić information content (AvgIpc) is 2.42. The van der Waals surface area contributed by atoms with E-state index in [-0.39, 0.29) is 0 Å². The van der Waals surface area contributed by atoms with E-state index in [1.54, 1.807) is 11.8 Å². The van der Waals surface area contributed by atoms with Crippen molar-refractivity contribution in [1.82, 2.24) is 0 Å². The first-order chi connectivity index (χ1) is 8.79. The first-order valence-corrected chi connectivity index (χ1v) is 7.47. The van der Waals surface area contributed by atoms with Gasteiger partial charge in [-0.15, -0.1) is 11.8 Å². The summed E-state index contributed by atoms with van der Waals surface area (Å²) in [6, 6.07) is 18.7. The van der Waals surface area contributed by atoms with Crippen LogP contribution in [-0.2, 0) is 5.75 Å². The lowest BCUT2D eigenvalue weighted by atomic mass is 10.2. The monoisotopic (exact) mass is 319 g/mol. The fraction of sp³-hybridized carbons (Fsp3) is 0.133. The Labute approximate surface area is 120 Å². The van der Waals surface area contributed by atoms with Gasteiger partial charge in [0.2, 0.25) is 0 Å². The second kappa shape index (κ2) is 6.76. The molecule has 0 heterocycles. The molecule has 0 radical (unpaired) electrons. The van der Waals surface area contributed by atoms with Gasteiger partial charge in [0.15, 0.2) is 0 Å². The van der Waals surface area contributed by atoms with Crippen LogP contribution in [0.25, 0.3) is 0 Å². The maximum absolute atomic E-state index is 4.37. The summed E-state index contributed by atoms with van der Waals surface area (Å²) >= 11 is 5.21. The van der Waals surface area contributed by atoms with Gasteiger partial charge in [-0.1, -0.05) is 58.4 Å². The van der Waals surface area contributed by atoms with E-state index in [1.807, 2.05) is 25.2 Å². The zero-order valence-corrected chi connectivity index (χ0v) is 12.5. The van der Waals surface area contributed by atoms with Crippen molar-refractivity contribution in [3.63, 3.8) is 0 Å². The molecule has 0 amide bonds. The van der Waals surface area contributed by atoms with Gasteiger partial charge < -0.3 is 0 Å². The van der Waals surface area contributed by atoms with E-state index < -0.39 is 0 Å². The number of hydrogen-bond acceptors (Lipinski definition) is 2. The number of halogens is 1. The van der Waals surface area contributed by atoms with Crippen LogP contribution in [0.4, 0.5) is 0 Å². The van der Waals surface area contributed by atoms with Crippen molar-refractivity contribution in [2.75, 3.05) is 7.05 Å². The number of thioether (sulfide) groups is 1. The molecule has 0 saturated carbocycles. The fourth-order valence-corrected chi connectivity index (χ4v) is 2.79. The standard InChI is InChI=1S/C15H14BrNS/c1-17-15(13-7-9-14(16)10-8-13)18-11-12-5-3-2-4-6-12/h2-10H,11H2,1H3/b17-15+. The Morgan fingerprint density at radius 3 is 2.33 bits per heavy atom. The number of rotatable bonds is 3. The van der Waals surface area contributed by atoms with Gasteiger partial charge in [-0.2, -0.15) is 0 Å². The first kappa shape index (κ1) is 13.4. The molecule has 0 atom stereocenters. The average molecular weight is 320 g/mol. The summed E-state index contributed by atoms with van der Waals surface area (Å²) in [5, 5.41) is 1.08. The van der Waals surface area contributed by atoms with Gasteiger partial charge in [-0.25, -0.2) is 0 Å². The second-order valence-corrected chi connectivity index (χ2v) is 5.69. The minimum Gasteiger partial charge on any atom is -0.281 e. The molecule has 0 fully saturated rings.